The Kier molecular flexibility index (Phi) is 4.14. The minimum Gasteiger partial charge on any atom is -0.358 e. The molecule has 17 heavy (non-hydrogen) atoms. The van der Waals surface area contributed by atoms with Crippen molar-refractivity contribution in [3.8, 4) is 0 Å². The number of nitrogens with zero attached hydrogens (tertiary/aromatic N) is 3. The molecule has 0 bridgehead atoms. The zero-order valence-electron chi connectivity index (χ0n) is 10.3. The Morgan fingerprint density at radius 2 is 2.24 bits per heavy atom. The average molecular weight is 236 g/mol. The van der Waals surface area contributed by atoms with E-state index in [1.807, 2.05) is 18.7 Å². The summed E-state index contributed by atoms with van der Waals surface area (Å²) in [5.74, 6) is 0.822. The molecular weight excluding hydrogens is 216 g/mol. The predicted molar refractivity (Wildman–Crippen MR) is 65.5 cm³/mol. The van der Waals surface area contributed by atoms with Crippen LogP contribution >= 0.6 is 0 Å². The number of hydrogen-bond acceptors (Lipinski definition) is 3. The van der Waals surface area contributed by atoms with E-state index in [0.717, 1.165) is 32.5 Å². The molecule has 2 heterocycles. The molecule has 0 unspecified atom stereocenters. The molecule has 5 nitrogen and oxygen atoms in total. The molecule has 1 fully saturated rings. The molecule has 1 aromatic heterocycles. The molecule has 0 atom stereocenters. The lowest BCUT2D eigenvalue weighted by molar-refractivity contribution is -0.122. The van der Waals surface area contributed by atoms with Crippen molar-refractivity contribution in [2.24, 2.45) is 5.92 Å². The lowest BCUT2D eigenvalue weighted by atomic mass is 9.97. The molecule has 94 valence electrons. The first-order chi connectivity index (χ1) is 8.28. The summed E-state index contributed by atoms with van der Waals surface area (Å²) >= 11 is 0. The highest BCUT2D eigenvalue weighted by Gasteiger charge is 2.20. The summed E-state index contributed by atoms with van der Waals surface area (Å²) in [4.78, 5) is 17.5. The Morgan fingerprint density at radius 1 is 1.47 bits per heavy atom. The second kappa shape index (κ2) is 5.82. The number of nitrogens with one attached hydrogen (secondary N) is 1. The van der Waals surface area contributed by atoms with Crippen LogP contribution in [0.15, 0.2) is 18.7 Å². The first-order valence-corrected chi connectivity index (χ1v) is 6.16. The third-order valence-electron chi connectivity index (χ3n) is 3.38. The highest BCUT2D eigenvalue weighted by Crippen LogP contribution is 2.18. The molecule has 1 aliphatic heterocycles. The van der Waals surface area contributed by atoms with E-state index in [9.17, 15) is 4.79 Å². The summed E-state index contributed by atoms with van der Waals surface area (Å²) in [5, 5.41) is 2.67. The van der Waals surface area contributed by atoms with Crippen molar-refractivity contribution < 1.29 is 4.79 Å². The van der Waals surface area contributed by atoms with Crippen LogP contribution in [0.5, 0.6) is 0 Å². The third kappa shape index (κ3) is 3.56. The summed E-state index contributed by atoms with van der Waals surface area (Å²) in [7, 11) is 1.69. The highest BCUT2D eigenvalue weighted by atomic mass is 16.1. The minimum absolute atomic E-state index is 0.109. The lowest BCUT2D eigenvalue weighted by Gasteiger charge is -2.31. The smallest absolute Gasteiger partial charge is 0.233 e. The van der Waals surface area contributed by atoms with E-state index in [1.54, 1.807) is 7.05 Å². The van der Waals surface area contributed by atoms with E-state index in [2.05, 4.69) is 19.8 Å². The molecule has 0 radical (unpaired) electrons. The maximum absolute atomic E-state index is 11.3. The van der Waals surface area contributed by atoms with Gasteiger partial charge in [-0.05, 0) is 31.8 Å². The fourth-order valence-electron chi connectivity index (χ4n) is 2.30. The van der Waals surface area contributed by atoms with Crippen molar-refractivity contribution in [1.29, 1.82) is 0 Å². The summed E-state index contributed by atoms with van der Waals surface area (Å²) in [5.41, 5.74) is 0. The zero-order valence-corrected chi connectivity index (χ0v) is 10.3. The summed E-state index contributed by atoms with van der Waals surface area (Å²) in [6.07, 6.45) is 8.03. The Hall–Kier alpha value is -1.36. The van der Waals surface area contributed by atoms with Crippen LogP contribution in [-0.4, -0.2) is 47.0 Å². The average Bonchev–Trinajstić information content (AvgIpc) is 2.84. The van der Waals surface area contributed by atoms with E-state index in [-0.39, 0.29) is 5.91 Å². The van der Waals surface area contributed by atoms with Gasteiger partial charge in [-0.15, -0.1) is 0 Å². The number of amides is 1. The van der Waals surface area contributed by atoms with Crippen LogP contribution in [0.4, 0.5) is 0 Å². The maximum Gasteiger partial charge on any atom is 0.233 e. The molecular formula is C12H20N4O. The molecule has 5 heteroatoms. The molecule has 0 saturated carbocycles. The second-order valence-electron chi connectivity index (χ2n) is 4.65. The Labute approximate surface area is 102 Å². The largest absolute Gasteiger partial charge is 0.358 e. The summed E-state index contributed by atoms with van der Waals surface area (Å²) in [6.45, 7) is 3.63. The van der Waals surface area contributed by atoms with Gasteiger partial charge in [-0.2, -0.15) is 0 Å². The number of piperidine rings is 1. The van der Waals surface area contributed by atoms with Gasteiger partial charge in [-0.25, -0.2) is 4.98 Å². The topological polar surface area (TPSA) is 50.2 Å². The van der Waals surface area contributed by atoms with E-state index in [4.69, 9.17) is 0 Å². The van der Waals surface area contributed by atoms with Crippen molar-refractivity contribution in [2.45, 2.75) is 19.4 Å². The van der Waals surface area contributed by atoms with Gasteiger partial charge in [0.25, 0.3) is 0 Å². The molecule has 1 saturated heterocycles. The van der Waals surface area contributed by atoms with Crippen molar-refractivity contribution in [3.05, 3.63) is 18.7 Å². The fourth-order valence-corrected chi connectivity index (χ4v) is 2.30. The first kappa shape index (κ1) is 12.1. The van der Waals surface area contributed by atoms with Gasteiger partial charge in [0.15, 0.2) is 0 Å². The van der Waals surface area contributed by atoms with Crippen LogP contribution in [0, 0.1) is 5.92 Å². The minimum atomic E-state index is 0.109. The van der Waals surface area contributed by atoms with Gasteiger partial charge in [-0.3, -0.25) is 9.69 Å². The van der Waals surface area contributed by atoms with Gasteiger partial charge in [0.2, 0.25) is 5.91 Å². The molecule has 1 N–H and O–H groups in total. The highest BCUT2D eigenvalue weighted by molar-refractivity contribution is 5.77. The van der Waals surface area contributed by atoms with Crippen LogP contribution in [-0.2, 0) is 11.3 Å². The predicted octanol–water partition coefficient (Wildman–Crippen LogP) is 0.341. The van der Waals surface area contributed by atoms with Crippen molar-refractivity contribution >= 4 is 5.91 Å². The van der Waals surface area contributed by atoms with Gasteiger partial charge < -0.3 is 9.88 Å². The van der Waals surface area contributed by atoms with E-state index in [1.165, 1.54) is 0 Å². The van der Waals surface area contributed by atoms with Crippen LogP contribution in [0.3, 0.4) is 0 Å². The van der Waals surface area contributed by atoms with Crippen LogP contribution in [0.25, 0.3) is 0 Å². The molecule has 0 aromatic carbocycles. The molecule has 0 spiro atoms. The summed E-state index contributed by atoms with van der Waals surface area (Å²) in [6, 6.07) is 0. The maximum atomic E-state index is 11.3. The van der Waals surface area contributed by atoms with Gasteiger partial charge in [-0.1, -0.05) is 0 Å². The molecule has 1 amide bonds. The normalized spacial score (nSPS) is 18.2. The summed E-state index contributed by atoms with van der Waals surface area (Å²) < 4.78 is 2.14. The van der Waals surface area contributed by atoms with Crippen LogP contribution in [0.2, 0.25) is 0 Å². The molecule has 1 aromatic rings. The molecule has 1 aliphatic rings. The van der Waals surface area contributed by atoms with Crippen molar-refractivity contribution in [3.63, 3.8) is 0 Å². The standard InChI is InChI=1S/C12H20N4O/c1-13-12(17)9-15-5-2-11(3-6-15)8-16-7-4-14-10-16/h4,7,10-11H,2-3,5-6,8-9H2,1H3,(H,13,17). The number of aromatic nitrogens is 2. The first-order valence-electron chi connectivity index (χ1n) is 6.16. The quantitative estimate of drug-likeness (QED) is 0.820. The van der Waals surface area contributed by atoms with Crippen molar-refractivity contribution in [2.75, 3.05) is 26.7 Å². The molecule has 2 rings (SSSR count). The van der Waals surface area contributed by atoms with E-state index in [0.29, 0.717) is 12.5 Å². The number of likely N-dealkylation sites (N-methyl/N-ethyl adjacent to an activating group) is 1. The van der Waals surface area contributed by atoms with E-state index >= 15 is 0 Å². The van der Waals surface area contributed by atoms with Gasteiger partial charge in [0.1, 0.15) is 0 Å². The number of hydrogen-bond donors (Lipinski definition) is 1. The number of carbonyl (C=O) groups is 1. The lowest BCUT2D eigenvalue weighted by Crippen LogP contribution is -2.41. The number of carbonyl (C=O) groups excluding carboxylic acids is 1. The Balaban J connectivity index is 1.72. The fraction of sp³-hybridized carbons (Fsp3) is 0.667. The number of rotatable bonds is 4. The third-order valence-corrected chi connectivity index (χ3v) is 3.38. The second-order valence-corrected chi connectivity index (χ2v) is 4.65. The zero-order chi connectivity index (χ0) is 12.1. The van der Waals surface area contributed by atoms with Gasteiger partial charge >= 0.3 is 0 Å². The van der Waals surface area contributed by atoms with E-state index < -0.39 is 0 Å². The van der Waals surface area contributed by atoms with Gasteiger partial charge in [0, 0.05) is 26.0 Å². The Bertz CT molecular complexity index is 341. The molecule has 0 aliphatic carbocycles. The Morgan fingerprint density at radius 3 is 2.82 bits per heavy atom. The SMILES string of the molecule is CNC(=O)CN1CCC(Cn2ccnc2)CC1. The van der Waals surface area contributed by atoms with Gasteiger partial charge in [0.05, 0.1) is 12.9 Å². The van der Waals surface area contributed by atoms with Crippen LogP contribution in [0.1, 0.15) is 12.8 Å². The van der Waals surface area contributed by atoms with Crippen molar-refractivity contribution in [1.82, 2.24) is 19.8 Å². The van der Waals surface area contributed by atoms with Crippen LogP contribution < -0.4 is 5.32 Å². The monoisotopic (exact) mass is 236 g/mol. The number of likely N-dealkylation sites (tertiary alicyclic amines) is 1. The number of imidazole rings is 1.